The number of rotatable bonds is 5. The minimum Gasteiger partial charge on any atom is -0.383 e. The van der Waals surface area contributed by atoms with Crippen molar-refractivity contribution in [3.63, 3.8) is 0 Å². The molecule has 1 heterocycles. The summed E-state index contributed by atoms with van der Waals surface area (Å²) >= 11 is 0. The molecule has 1 amide bonds. The van der Waals surface area contributed by atoms with Crippen LogP contribution in [0.3, 0.4) is 0 Å². The Bertz CT molecular complexity index is 862. The molecule has 1 N–H and O–H groups in total. The zero-order chi connectivity index (χ0) is 19.5. The second kappa shape index (κ2) is 7.69. The molecule has 1 atom stereocenters. The van der Waals surface area contributed by atoms with Gasteiger partial charge >= 0.3 is 6.18 Å². The number of carbonyl (C=O) groups excluding carboxylic acids is 1. The van der Waals surface area contributed by atoms with Crippen molar-refractivity contribution in [2.24, 2.45) is 0 Å². The largest absolute Gasteiger partial charge is 0.416 e. The number of hydrogen-bond acceptors (Lipinski definition) is 4. The van der Waals surface area contributed by atoms with Crippen molar-refractivity contribution < 1.29 is 22.7 Å². The normalized spacial score (nSPS) is 12.7. The molecule has 0 bridgehead atoms. The highest BCUT2D eigenvalue weighted by molar-refractivity contribution is 5.92. The van der Waals surface area contributed by atoms with Gasteiger partial charge in [0, 0.05) is 24.9 Å². The Kier molecular flexibility index (Phi) is 5.81. The van der Waals surface area contributed by atoms with Crippen LogP contribution in [0.25, 0.3) is 5.69 Å². The number of nitrogens with one attached hydrogen (secondary N) is 1. The highest BCUT2D eigenvalue weighted by Crippen LogP contribution is 2.30. The van der Waals surface area contributed by atoms with Gasteiger partial charge in [0.1, 0.15) is 0 Å². The van der Waals surface area contributed by atoms with Crippen molar-refractivity contribution in [3.05, 3.63) is 57.5 Å². The second-order valence-electron chi connectivity index (χ2n) is 5.79. The summed E-state index contributed by atoms with van der Waals surface area (Å²) < 4.78 is 44.8. The van der Waals surface area contributed by atoms with Gasteiger partial charge in [0.25, 0.3) is 5.91 Å². The van der Waals surface area contributed by atoms with Crippen molar-refractivity contribution in [3.8, 4) is 5.69 Å². The van der Waals surface area contributed by atoms with E-state index in [1.807, 2.05) is 0 Å². The van der Waals surface area contributed by atoms with Gasteiger partial charge in [-0.3, -0.25) is 9.59 Å². The van der Waals surface area contributed by atoms with Crippen LogP contribution in [0.5, 0.6) is 0 Å². The van der Waals surface area contributed by atoms with E-state index in [4.69, 9.17) is 4.74 Å². The molecule has 26 heavy (non-hydrogen) atoms. The molecule has 0 saturated carbocycles. The van der Waals surface area contributed by atoms with E-state index >= 15 is 0 Å². The van der Waals surface area contributed by atoms with Crippen LogP contribution in [0.15, 0.2) is 35.1 Å². The van der Waals surface area contributed by atoms with Gasteiger partial charge in [-0.05, 0) is 32.0 Å². The van der Waals surface area contributed by atoms with Gasteiger partial charge in [-0.2, -0.15) is 18.3 Å². The molecule has 0 aliphatic carbocycles. The molecule has 0 radical (unpaired) electrons. The van der Waals surface area contributed by atoms with Crippen molar-refractivity contribution in [2.45, 2.75) is 26.1 Å². The predicted molar refractivity (Wildman–Crippen MR) is 88.4 cm³/mol. The summed E-state index contributed by atoms with van der Waals surface area (Å²) in [5.74, 6) is -0.722. The van der Waals surface area contributed by atoms with E-state index < -0.39 is 28.8 Å². The summed E-state index contributed by atoms with van der Waals surface area (Å²) in [6, 6.07) is 5.27. The monoisotopic (exact) mass is 369 g/mol. The van der Waals surface area contributed by atoms with Gasteiger partial charge in [0.05, 0.1) is 17.9 Å². The summed E-state index contributed by atoms with van der Waals surface area (Å²) in [5, 5.41) is 6.51. The zero-order valence-corrected chi connectivity index (χ0v) is 14.4. The van der Waals surface area contributed by atoms with Crippen LogP contribution in [-0.4, -0.2) is 35.4 Å². The topological polar surface area (TPSA) is 73.2 Å². The number of alkyl halides is 3. The van der Waals surface area contributed by atoms with Crippen LogP contribution in [0.1, 0.15) is 28.7 Å². The number of benzene rings is 1. The van der Waals surface area contributed by atoms with Gasteiger partial charge in [-0.25, -0.2) is 4.68 Å². The van der Waals surface area contributed by atoms with E-state index in [1.54, 1.807) is 6.92 Å². The molecule has 0 saturated heterocycles. The van der Waals surface area contributed by atoms with Crippen LogP contribution in [0.4, 0.5) is 13.2 Å². The molecule has 0 aliphatic rings. The third-order valence-electron chi connectivity index (χ3n) is 3.53. The number of carbonyl (C=O) groups is 1. The first-order valence-corrected chi connectivity index (χ1v) is 7.72. The number of halogens is 3. The molecule has 1 aromatic heterocycles. The van der Waals surface area contributed by atoms with Crippen LogP contribution >= 0.6 is 0 Å². The van der Waals surface area contributed by atoms with E-state index in [-0.39, 0.29) is 18.3 Å². The number of aromatic nitrogens is 2. The van der Waals surface area contributed by atoms with E-state index in [2.05, 4.69) is 10.4 Å². The third kappa shape index (κ3) is 4.48. The smallest absolute Gasteiger partial charge is 0.383 e. The molecule has 2 rings (SSSR count). The summed E-state index contributed by atoms with van der Waals surface area (Å²) in [4.78, 5) is 24.3. The van der Waals surface area contributed by atoms with Crippen molar-refractivity contribution in [1.82, 2.24) is 15.1 Å². The minimum atomic E-state index is -4.52. The Labute approximate surface area is 147 Å². The number of nitrogens with zero attached hydrogens (tertiary/aromatic N) is 2. The molecule has 1 aromatic carbocycles. The fraction of sp³-hybridized carbons (Fsp3) is 0.353. The van der Waals surface area contributed by atoms with Crippen LogP contribution in [0.2, 0.25) is 0 Å². The predicted octanol–water partition coefficient (Wildman–Crippen LogP) is 2.32. The van der Waals surface area contributed by atoms with Crippen LogP contribution in [-0.2, 0) is 10.9 Å². The molecule has 140 valence electrons. The minimum absolute atomic E-state index is 0.0938. The Morgan fingerprint density at radius 3 is 2.65 bits per heavy atom. The fourth-order valence-electron chi connectivity index (χ4n) is 2.36. The quantitative estimate of drug-likeness (QED) is 0.878. The molecule has 1 unspecified atom stereocenters. The van der Waals surface area contributed by atoms with Gasteiger partial charge in [-0.15, -0.1) is 0 Å². The van der Waals surface area contributed by atoms with E-state index in [1.165, 1.54) is 26.2 Å². The Hall–Kier alpha value is -2.68. The summed E-state index contributed by atoms with van der Waals surface area (Å²) in [6.45, 7) is 3.43. The molecule has 0 aliphatic heterocycles. The maximum atomic E-state index is 12.9. The summed E-state index contributed by atoms with van der Waals surface area (Å²) in [5.41, 5.74) is -1.48. The Morgan fingerprint density at radius 2 is 2.04 bits per heavy atom. The number of amides is 1. The molecule has 2 aromatic rings. The van der Waals surface area contributed by atoms with E-state index in [0.717, 1.165) is 22.9 Å². The number of hydrogen-bond donors (Lipinski definition) is 1. The molecule has 6 nitrogen and oxygen atoms in total. The molecular weight excluding hydrogens is 351 g/mol. The van der Waals surface area contributed by atoms with E-state index in [9.17, 15) is 22.8 Å². The van der Waals surface area contributed by atoms with Crippen molar-refractivity contribution in [2.75, 3.05) is 13.7 Å². The van der Waals surface area contributed by atoms with E-state index in [0.29, 0.717) is 5.69 Å². The lowest BCUT2D eigenvalue weighted by Gasteiger charge is -2.15. The number of ether oxygens (including phenoxy) is 1. The molecule has 9 heteroatoms. The first kappa shape index (κ1) is 19.6. The van der Waals surface area contributed by atoms with Crippen LogP contribution < -0.4 is 10.7 Å². The van der Waals surface area contributed by atoms with Crippen molar-refractivity contribution >= 4 is 5.91 Å². The zero-order valence-electron chi connectivity index (χ0n) is 14.4. The third-order valence-corrected chi connectivity index (χ3v) is 3.53. The summed E-state index contributed by atoms with van der Waals surface area (Å²) in [7, 11) is 1.47. The number of methoxy groups -OCH3 is 1. The standard InChI is InChI=1S/C17H18F3N3O3/c1-10(9-26-3)21-16(25)15-14(24)7-11(2)23(22-15)13-6-4-5-12(8-13)17(18,19)20/h4-8,10H,9H2,1-3H3,(H,21,25). The van der Waals surface area contributed by atoms with Gasteiger partial charge in [0.15, 0.2) is 5.69 Å². The first-order valence-electron chi connectivity index (χ1n) is 7.72. The lowest BCUT2D eigenvalue weighted by atomic mass is 10.2. The maximum Gasteiger partial charge on any atom is 0.416 e. The lowest BCUT2D eigenvalue weighted by molar-refractivity contribution is -0.137. The van der Waals surface area contributed by atoms with Gasteiger partial charge in [-0.1, -0.05) is 6.07 Å². The number of aryl methyl sites for hydroxylation is 1. The lowest BCUT2D eigenvalue weighted by Crippen LogP contribution is -2.39. The second-order valence-corrected chi connectivity index (χ2v) is 5.79. The Balaban J connectivity index is 2.45. The van der Waals surface area contributed by atoms with Crippen molar-refractivity contribution in [1.29, 1.82) is 0 Å². The average molecular weight is 369 g/mol. The average Bonchev–Trinajstić information content (AvgIpc) is 2.54. The molecule has 0 spiro atoms. The van der Waals surface area contributed by atoms with Gasteiger partial charge < -0.3 is 10.1 Å². The SMILES string of the molecule is COCC(C)NC(=O)c1nn(-c2cccc(C(F)(F)F)c2)c(C)cc1=O. The first-order chi connectivity index (χ1) is 12.1. The molecule has 0 fully saturated rings. The Morgan fingerprint density at radius 1 is 1.35 bits per heavy atom. The van der Waals surface area contributed by atoms with Gasteiger partial charge in [0.2, 0.25) is 5.43 Å². The highest BCUT2D eigenvalue weighted by Gasteiger charge is 2.30. The fourth-order valence-corrected chi connectivity index (χ4v) is 2.36. The highest BCUT2D eigenvalue weighted by atomic mass is 19.4. The van der Waals surface area contributed by atoms with Crippen LogP contribution in [0, 0.1) is 6.92 Å². The maximum absolute atomic E-state index is 12.9. The molecular formula is C17H18F3N3O3. The summed E-state index contributed by atoms with van der Waals surface area (Å²) in [6.07, 6.45) is -4.52.